The first-order valence-corrected chi connectivity index (χ1v) is 8.95. The molecule has 2 aromatic rings. The van der Waals surface area contributed by atoms with E-state index in [9.17, 15) is 23.8 Å². The molecule has 0 radical (unpaired) electrons. The van der Waals surface area contributed by atoms with Gasteiger partial charge in [0.2, 0.25) is 0 Å². The number of carboxylic acid groups (broad SMARTS) is 1. The van der Waals surface area contributed by atoms with E-state index in [0.29, 0.717) is 6.42 Å². The molecule has 150 valence electrons. The molecule has 0 fully saturated rings. The second-order valence-corrected chi connectivity index (χ2v) is 6.96. The number of hydrogen-bond donors (Lipinski definition) is 5. The van der Waals surface area contributed by atoms with Crippen molar-refractivity contribution in [3.63, 3.8) is 0 Å². The van der Waals surface area contributed by atoms with E-state index in [4.69, 9.17) is 5.11 Å². The zero-order valence-electron chi connectivity index (χ0n) is 15.0. The summed E-state index contributed by atoms with van der Waals surface area (Å²) in [6, 6.07) is 9.08. The Morgan fingerprint density at radius 2 is 1.86 bits per heavy atom. The number of amides is 1. The number of benzene rings is 2. The average Bonchev–Trinajstić information content (AvgIpc) is 2.93. The van der Waals surface area contributed by atoms with Crippen LogP contribution in [-0.4, -0.2) is 46.2 Å². The number of aliphatic hydroxyl groups is 2. The Kier molecular flexibility index (Phi) is 6.23. The average molecular weight is 392 g/mol. The highest BCUT2D eigenvalue weighted by Crippen LogP contribution is 2.31. The van der Waals surface area contributed by atoms with Crippen LogP contribution >= 0.6 is 0 Å². The van der Waals surface area contributed by atoms with Gasteiger partial charge in [0.05, 0.1) is 24.3 Å². The van der Waals surface area contributed by atoms with Crippen LogP contribution in [0.2, 0.25) is 0 Å². The number of fused-ring (bicyclic) bond motifs is 1. The van der Waals surface area contributed by atoms with E-state index in [1.165, 1.54) is 0 Å². The molecule has 4 atom stereocenters. The van der Waals surface area contributed by atoms with E-state index < -0.39 is 36.0 Å². The summed E-state index contributed by atoms with van der Waals surface area (Å²) in [5, 5.41) is 35.1. The lowest BCUT2D eigenvalue weighted by molar-refractivity contribution is 0.0969. The predicted molar refractivity (Wildman–Crippen MR) is 97.9 cm³/mol. The van der Waals surface area contributed by atoms with Crippen molar-refractivity contribution in [2.75, 3.05) is 6.54 Å². The van der Waals surface area contributed by atoms with Crippen molar-refractivity contribution in [2.24, 2.45) is 0 Å². The summed E-state index contributed by atoms with van der Waals surface area (Å²) in [5.41, 5.74) is 2.16. The number of nitrogens with one attached hydrogen (secondary N) is 2. The van der Waals surface area contributed by atoms with E-state index in [1.807, 2.05) is 24.3 Å². The van der Waals surface area contributed by atoms with Crippen LogP contribution in [0.25, 0.3) is 0 Å². The molecule has 0 aromatic heterocycles. The van der Waals surface area contributed by atoms with Crippen LogP contribution in [0, 0.1) is 11.6 Å². The Morgan fingerprint density at radius 3 is 2.54 bits per heavy atom. The number of carbonyl (C=O) groups is 1. The lowest BCUT2D eigenvalue weighted by atomic mass is 10.00. The topological polar surface area (TPSA) is 102 Å². The van der Waals surface area contributed by atoms with E-state index in [2.05, 4.69) is 10.6 Å². The van der Waals surface area contributed by atoms with Crippen molar-refractivity contribution in [2.45, 2.75) is 37.1 Å². The molecule has 28 heavy (non-hydrogen) atoms. The Balaban J connectivity index is 1.68. The SMILES string of the molecule is O=C(O)N[C@@H](Cc1cc(F)cc(F)c1)[C@@H](O)CN[C@H]1c2ccccc2C[C@H]1O. The van der Waals surface area contributed by atoms with Gasteiger partial charge < -0.3 is 26.0 Å². The normalized spacial score (nSPS) is 20.4. The Morgan fingerprint density at radius 1 is 1.18 bits per heavy atom. The summed E-state index contributed by atoms with van der Waals surface area (Å²) >= 11 is 0. The molecule has 5 N–H and O–H groups in total. The highest BCUT2D eigenvalue weighted by molar-refractivity contribution is 5.65. The first-order chi connectivity index (χ1) is 13.3. The van der Waals surface area contributed by atoms with Crippen LogP contribution in [0.5, 0.6) is 0 Å². The van der Waals surface area contributed by atoms with Gasteiger partial charge in [0, 0.05) is 19.0 Å². The zero-order chi connectivity index (χ0) is 20.3. The van der Waals surface area contributed by atoms with Crippen LogP contribution in [0.3, 0.4) is 0 Å². The fourth-order valence-electron chi connectivity index (χ4n) is 3.63. The summed E-state index contributed by atoms with van der Waals surface area (Å²) in [7, 11) is 0. The van der Waals surface area contributed by atoms with Gasteiger partial charge in [-0.1, -0.05) is 24.3 Å². The van der Waals surface area contributed by atoms with Gasteiger partial charge in [-0.2, -0.15) is 0 Å². The lowest BCUT2D eigenvalue weighted by Gasteiger charge is -2.26. The minimum absolute atomic E-state index is 0.0151. The van der Waals surface area contributed by atoms with Crippen LogP contribution in [0.15, 0.2) is 42.5 Å². The maximum absolute atomic E-state index is 13.4. The van der Waals surface area contributed by atoms with Crippen LogP contribution in [-0.2, 0) is 12.8 Å². The van der Waals surface area contributed by atoms with Gasteiger partial charge in [-0.05, 0) is 35.2 Å². The number of aliphatic hydroxyl groups excluding tert-OH is 2. The summed E-state index contributed by atoms with van der Waals surface area (Å²) in [4.78, 5) is 11.1. The third-order valence-electron chi connectivity index (χ3n) is 4.90. The first kappa shape index (κ1) is 20.2. The van der Waals surface area contributed by atoms with E-state index in [0.717, 1.165) is 29.3 Å². The molecular formula is C20H22F2N2O4. The van der Waals surface area contributed by atoms with Crippen molar-refractivity contribution in [1.29, 1.82) is 0 Å². The van der Waals surface area contributed by atoms with Gasteiger partial charge in [-0.3, -0.25) is 0 Å². The zero-order valence-corrected chi connectivity index (χ0v) is 15.0. The molecule has 1 amide bonds. The van der Waals surface area contributed by atoms with Crippen LogP contribution in [0.1, 0.15) is 22.7 Å². The molecule has 3 rings (SSSR count). The molecule has 0 aliphatic heterocycles. The highest BCUT2D eigenvalue weighted by Gasteiger charge is 2.31. The maximum Gasteiger partial charge on any atom is 0.404 e. The summed E-state index contributed by atoms with van der Waals surface area (Å²) < 4.78 is 26.8. The summed E-state index contributed by atoms with van der Waals surface area (Å²) in [5.74, 6) is -1.55. The molecule has 1 aliphatic rings. The van der Waals surface area contributed by atoms with E-state index >= 15 is 0 Å². The molecule has 0 spiro atoms. The number of rotatable bonds is 7. The van der Waals surface area contributed by atoms with Gasteiger partial charge in [-0.15, -0.1) is 0 Å². The quantitative estimate of drug-likeness (QED) is 0.494. The summed E-state index contributed by atoms with van der Waals surface area (Å²) in [6.07, 6.45) is -2.79. The second kappa shape index (κ2) is 8.64. The van der Waals surface area contributed by atoms with Crippen molar-refractivity contribution < 1.29 is 28.9 Å². The fourth-order valence-corrected chi connectivity index (χ4v) is 3.63. The molecule has 8 heteroatoms. The highest BCUT2D eigenvalue weighted by atomic mass is 19.1. The Hall–Kier alpha value is -2.55. The van der Waals surface area contributed by atoms with Gasteiger partial charge in [0.15, 0.2) is 0 Å². The third kappa shape index (κ3) is 4.83. The number of halogens is 2. The molecule has 0 heterocycles. The minimum Gasteiger partial charge on any atom is -0.465 e. The van der Waals surface area contributed by atoms with E-state index in [1.54, 1.807) is 0 Å². The maximum atomic E-state index is 13.4. The lowest BCUT2D eigenvalue weighted by Crippen LogP contribution is -2.49. The molecule has 0 saturated carbocycles. The molecule has 0 bridgehead atoms. The molecule has 6 nitrogen and oxygen atoms in total. The molecule has 0 saturated heterocycles. The van der Waals surface area contributed by atoms with Crippen LogP contribution in [0.4, 0.5) is 13.6 Å². The molecule has 2 aromatic carbocycles. The van der Waals surface area contributed by atoms with Gasteiger partial charge in [-0.25, -0.2) is 13.6 Å². The monoisotopic (exact) mass is 392 g/mol. The molecule has 1 aliphatic carbocycles. The van der Waals surface area contributed by atoms with Gasteiger partial charge in [0.1, 0.15) is 11.6 Å². The molecule has 0 unspecified atom stereocenters. The number of hydrogen-bond acceptors (Lipinski definition) is 4. The van der Waals surface area contributed by atoms with E-state index in [-0.39, 0.29) is 24.6 Å². The first-order valence-electron chi connectivity index (χ1n) is 8.95. The summed E-state index contributed by atoms with van der Waals surface area (Å²) in [6.45, 7) is -0.0151. The van der Waals surface area contributed by atoms with Crippen molar-refractivity contribution in [1.82, 2.24) is 10.6 Å². The van der Waals surface area contributed by atoms with Crippen molar-refractivity contribution >= 4 is 6.09 Å². The van der Waals surface area contributed by atoms with Gasteiger partial charge >= 0.3 is 6.09 Å². The largest absolute Gasteiger partial charge is 0.465 e. The third-order valence-corrected chi connectivity index (χ3v) is 4.90. The van der Waals surface area contributed by atoms with Crippen molar-refractivity contribution in [3.05, 3.63) is 70.8 Å². The smallest absolute Gasteiger partial charge is 0.404 e. The Labute approximate surface area is 160 Å². The van der Waals surface area contributed by atoms with Crippen molar-refractivity contribution in [3.8, 4) is 0 Å². The predicted octanol–water partition coefficient (Wildman–Crippen LogP) is 1.75. The second-order valence-electron chi connectivity index (χ2n) is 6.96. The molecular weight excluding hydrogens is 370 g/mol. The minimum atomic E-state index is -1.35. The van der Waals surface area contributed by atoms with Crippen LogP contribution < -0.4 is 10.6 Å². The van der Waals surface area contributed by atoms with Gasteiger partial charge in [0.25, 0.3) is 0 Å². The standard InChI is InChI=1S/C20H22F2N2O4/c21-13-5-11(6-14(22)9-13)7-16(24-20(27)28)18(26)10-23-19-15-4-2-1-3-12(15)8-17(19)25/h1-6,9,16-19,23-26H,7-8,10H2,(H,27,28)/t16-,17+,18-,19-/m0/s1. The fraction of sp³-hybridized carbons (Fsp3) is 0.350. The Bertz CT molecular complexity index is 828.